The van der Waals surface area contributed by atoms with E-state index in [0.29, 0.717) is 23.7 Å². The topological polar surface area (TPSA) is 61.4 Å². The maximum absolute atomic E-state index is 13.8. The second-order valence-corrected chi connectivity index (χ2v) is 7.91. The van der Waals surface area contributed by atoms with Gasteiger partial charge < -0.3 is 15.5 Å². The number of thioether (sulfide) groups is 1. The molecular weight excluding hydrogens is 377 g/mol. The molecule has 0 bridgehead atoms. The van der Waals surface area contributed by atoms with Crippen molar-refractivity contribution in [2.75, 3.05) is 32.4 Å². The summed E-state index contributed by atoms with van der Waals surface area (Å²) in [6.45, 7) is 2.40. The zero-order chi connectivity index (χ0) is 17.8. The average molecular weight is 402 g/mol. The molecule has 2 N–H and O–H groups in total. The van der Waals surface area contributed by atoms with Crippen LogP contribution in [0.1, 0.15) is 12.0 Å². The SMILES string of the molecule is CNCC1CCN(C(=O)C2CSC(Cc3ccccc3F)C(=O)N2)C1.Cl. The number of halogens is 2. The van der Waals surface area contributed by atoms with E-state index < -0.39 is 6.04 Å². The fraction of sp³-hybridized carbons (Fsp3) is 0.556. The molecule has 26 heavy (non-hydrogen) atoms. The highest BCUT2D eigenvalue weighted by molar-refractivity contribution is 8.00. The number of rotatable bonds is 5. The zero-order valence-electron chi connectivity index (χ0n) is 14.7. The summed E-state index contributed by atoms with van der Waals surface area (Å²) in [6.07, 6.45) is 1.34. The molecule has 3 rings (SSSR count). The molecule has 2 heterocycles. The summed E-state index contributed by atoms with van der Waals surface area (Å²) in [7, 11) is 1.91. The fourth-order valence-corrected chi connectivity index (χ4v) is 4.62. The third-order valence-corrected chi connectivity index (χ3v) is 6.13. The van der Waals surface area contributed by atoms with Crippen molar-refractivity contribution in [2.45, 2.75) is 24.1 Å². The summed E-state index contributed by atoms with van der Waals surface area (Å²) in [5.74, 6) is 0.556. The van der Waals surface area contributed by atoms with Gasteiger partial charge in [-0.25, -0.2) is 4.39 Å². The minimum absolute atomic E-state index is 0. The van der Waals surface area contributed by atoms with Crippen molar-refractivity contribution in [3.05, 3.63) is 35.6 Å². The maximum atomic E-state index is 13.8. The van der Waals surface area contributed by atoms with Gasteiger partial charge in [0, 0.05) is 18.8 Å². The highest BCUT2D eigenvalue weighted by Gasteiger charge is 2.36. The van der Waals surface area contributed by atoms with Crippen LogP contribution < -0.4 is 10.6 Å². The van der Waals surface area contributed by atoms with Crippen molar-refractivity contribution in [2.24, 2.45) is 5.92 Å². The van der Waals surface area contributed by atoms with Gasteiger partial charge in [0.05, 0.1) is 5.25 Å². The Morgan fingerprint density at radius 1 is 1.42 bits per heavy atom. The van der Waals surface area contributed by atoms with Crippen LogP contribution >= 0.6 is 24.2 Å². The smallest absolute Gasteiger partial charge is 0.246 e. The summed E-state index contributed by atoms with van der Waals surface area (Å²) in [5, 5.41) is 5.64. The lowest BCUT2D eigenvalue weighted by atomic mass is 10.1. The van der Waals surface area contributed by atoms with Crippen LogP contribution in [0.4, 0.5) is 4.39 Å². The number of likely N-dealkylation sites (tertiary alicyclic amines) is 1. The van der Waals surface area contributed by atoms with Crippen LogP contribution in [-0.2, 0) is 16.0 Å². The molecule has 1 aromatic carbocycles. The lowest BCUT2D eigenvalue weighted by molar-refractivity contribution is -0.135. The van der Waals surface area contributed by atoms with Crippen molar-refractivity contribution in [3.63, 3.8) is 0 Å². The van der Waals surface area contributed by atoms with Crippen molar-refractivity contribution >= 4 is 36.0 Å². The molecule has 0 saturated carbocycles. The highest BCUT2D eigenvalue weighted by Crippen LogP contribution is 2.25. The molecule has 0 aliphatic carbocycles. The van der Waals surface area contributed by atoms with Gasteiger partial charge in [0.1, 0.15) is 11.9 Å². The van der Waals surface area contributed by atoms with Crippen LogP contribution in [0.3, 0.4) is 0 Å². The van der Waals surface area contributed by atoms with E-state index in [2.05, 4.69) is 10.6 Å². The van der Waals surface area contributed by atoms with Crippen LogP contribution in [0.15, 0.2) is 24.3 Å². The molecule has 3 unspecified atom stereocenters. The third kappa shape index (κ3) is 4.90. The maximum Gasteiger partial charge on any atom is 0.246 e. The molecule has 8 heteroatoms. The summed E-state index contributed by atoms with van der Waals surface area (Å²) in [6, 6.07) is 6.04. The highest BCUT2D eigenvalue weighted by atomic mass is 35.5. The van der Waals surface area contributed by atoms with Crippen LogP contribution in [0, 0.1) is 11.7 Å². The van der Waals surface area contributed by atoms with E-state index in [-0.39, 0.29) is 35.3 Å². The van der Waals surface area contributed by atoms with Crippen molar-refractivity contribution in [1.29, 1.82) is 0 Å². The average Bonchev–Trinajstić information content (AvgIpc) is 3.07. The van der Waals surface area contributed by atoms with E-state index in [1.54, 1.807) is 18.2 Å². The number of carbonyl (C=O) groups excluding carboxylic acids is 2. The van der Waals surface area contributed by atoms with E-state index in [0.717, 1.165) is 26.1 Å². The Labute approximate surface area is 163 Å². The Hall–Kier alpha value is -1.31. The van der Waals surface area contributed by atoms with Gasteiger partial charge in [-0.05, 0) is 44.0 Å². The number of amides is 2. The molecule has 2 amide bonds. The predicted molar refractivity (Wildman–Crippen MR) is 104 cm³/mol. The standard InChI is InChI=1S/C18H24FN3O2S.ClH/c1-20-9-12-6-7-22(10-12)18(24)15-11-25-16(17(23)21-15)8-13-4-2-3-5-14(13)19;/h2-5,12,15-16,20H,6-11H2,1H3,(H,21,23);1H. The second-order valence-electron chi connectivity index (χ2n) is 6.68. The number of hydrogen-bond acceptors (Lipinski definition) is 4. The van der Waals surface area contributed by atoms with Crippen LogP contribution in [0.2, 0.25) is 0 Å². The van der Waals surface area contributed by atoms with Gasteiger partial charge in [-0.3, -0.25) is 9.59 Å². The lowest BCUT2D eigenvalue weighted by Gasteiger charge is -2.31. The summed E-state index contributed by atoms with van der Waals surface area (Å²) in [5.41, 5.74) is 0.536. The predicted octanol–water partition coefficient (Wildman–Crippen LogP) is 1.46. The quantitative estimate of drug-likeness (QED) is 0.784. The summed E-state index contributed by atoms with van der Waals surface area (Å²) < 4.78 is 13.8. The number of nitrogens with one attached hydrogen (secondary N) is 2. The van der Waals surface area contributed by atoms with E-state index in [4.69, 9.17) is 0 Å². The molecule has 0 radical (unpaired) electrons. The molecule has 5 nitrogen and oxygen atoms in total. The van der Waals surface area contributed by atoms with Gasteiger partial charge >= 0.3 is 0 Å². The number of nitrogens with zero attached hydrogens (tertiary/aromatic N) is 1. The van der Waals surface area contributed by atoms with Gasteiger partial charge in [0.25, 0.3) is 0 Å². The molecule has 2 aliphatic rings. The fourth-order valence-electron chi connectivity index (χ4n) is 3.45. The molecule has 144 valence electrons. The van der Waals surface area contributed by atoms with Crippen molar-refractivity contribution in [1.82, 2.24) is 15.5 Å². The van der Waals surface area contributed by atoms with Crippen LogP contribution in [-0.4, -0.2) is 60.4 Å². The molecule has 2 saturated heterocycles. The minimum atomic E-state index is -0.470. The third-order valence-electron chi connectivity index (χ3n) is 4.82. The van der Waals surface area contributed by atoms with Gasteiger partial charge in [-0.2, -0.15) is 0 Å². The molecule has 2 fully saturated rings. The molecule has 2 aliphatic heterocycles. The molecule has 3 atom stereocenters. The largest absolute Gasteiger partial charge is 0.343 e. The van der Waals surface area contributed by atoms with Gasteiger partial charge in [-0.1, -0.05) is 18.2 Å². The van der Waals surface area contributed by atoms with E-state index in [9.17, 15) is 14.0 Å². The summed E-state index contributed by atoms with van der Waals surface area (Å²) >= 11 is 1.44. The first-order chi connectivity index (χ1) is 12.1. The monoisotopic (exact) mass is 401 g/mol. The normalized spacial score (nSPS) is 25.5. The Kier molecular flexibility index (Phi) is 7.73. The van der Waals surface area contributed by atoms with Gasteiger partial charge in [0.15, 0.2) is 0 Å². The summed E-state index contributed by atoms with van der Waals surface area (Å²) in [4.78, 5) is 26.9. The van der Waals surface area contributed by atoms with E-state index in [1.165, 1.54) is 17.8 Å². The first-order valence-corrected chi connectivity index (χ1v) is 9.72. The minimum Gasteiger partial charge on any atom is -0.343 e. The number of benzene rings is 1. The second kappa shape index (κ2) is 9.58. The molecular formula is C18H25ClFN3O2S. The van der Waals surface area contributed by atoms with E-state index in [1.807, 2.05) is 11.9 Å². The van der Waals surface area contributed by atoms with Gasteiger partial charge in [-0.15, -0.1) is 24.2 Å². The first kappa shape index (κ1) is 21.0. The Balaban J connectivity index is 0.00000243. The van der Waals surface area contributed by atoms with Gasteiger partial charge in [0.2, 0.25) is 11.8 Å². The molecule has 0 spiro atoms. The number of carbonyl (C=O) groups is 2. The zero-order valence-corrected chi connectivity index (χ0v) is 16.4. The Morgan fingerprint density at radius 3 is 2.88 bits per heavy atom. The molecule has 1 aromatic rings. The lowest BCUT2D eigenvalue weighted by Crippen LogP contribution is -2.55. The van der Waals surface area contributed by atoms with Crippen LogP contribution in [0.25, 0.3) is 0 Å². The van der Waals surface area contributed by atoms with E-state index >= 15 is 0 Å². The van der Waals surface area contributed by atoms with Crippen molar-refractivity contribution < 1.29 is 14.0 Å². The van der Waals surface area contributed by atoms with Crippen LogP contribution in [0.5, 0.6) is 0 Å². The first-order valence-electron chi connectivity index (χ1n) is 8.67. The van der Waals surface area contributed by atoms with Crippen molar-refractivity contribution in [3.8, 4) is 0 Å². The molecule has 0 aromatic heterocycles. The Bertz CT molecular complexity index is 649. The Morgan fingerprint density at radius 2 is 2.19 bits per heavy atom. The number of hydrogen-bond donors (Lipinski definition) is 2.